The molecule has 0 saturated carbocycles. The van der Waals surface area contributed by atoms with E-state index < -0.39 is 45.5 Å². The Morgan fingerprint density at radius 1 is 1.32 bits per heavy atom. The lowest BCUT2D eigenvalue weighted by atomic mass is 10.0. The highest BCUT2D eigenvalue weighted by molar-refractivity contribution is 7.89. The predicted octanol–water partition coefficient (Wildman–Crippen LogP) is 1.63. The smallest absolute Gasteiger partial charge is 0.272 e. The van der Waals surface area contributed by atoms with Crippen LogP contribution in [0.2, 0.25) is 0 Å². The maximum Gasteiger partial charge on any atom is 0.272 e. The Hall–Kier alpha value is -2.37. The zero-order valence-corrected chi connectivity index (χ0v) is 15.9. The van der Waals surface area contributed by atoms with Crippen molar-refractivity contribution in [1.29, 1.82) is 0 Å². The van der Waals surface area contributed by atoms with Crippen LogP contribution in [0.15, 0.2) is 23.2 Å². The van der Waals surface area contributed by atoms with Gasteiger partial charge in [-0.3, -0.25) is 4.79 Å². The second kappa shape index (κ2) is 7.22. The highest BCUT2D eigenvalue weighted by Gasteiger charge is 2.34. The van der Waals surface area contributed by atoms with Crippen molar-refractivity contribution in [2.45, 2.75) is 36.7 Å². The fourth-order valence-corrected chi connectivity index (χ4v) is 4.91. The van der Waals surface area contributed by atoms with Crippen LogP contribution in [-0.2, 0) is 23.5 Å². The summed E-state index contributed by atoms with van der Waals surface area (Å²) in [6.07, 6.45) is 1.92. The van der Waals surface area contributed by atoms with Gasteiger partial charge in [0.1, 0.15) is 10.6 Å². The summed E-state index contributed by atoms with van der Waals surface area (Å²) in [4.78, 5) is 12.6. The quantitative estimate of drug-likeness (QED) is 0.662. The van der Waals surface area contributed by atoms with Crippen molar-refractivity contribution < 1.29 is 26.4 Å². The minimum atomic E-state index is -3.90. The molecule has 28 heavy (non-hydrogen) atoms. The van der Waals surface area contributed by atoms with E-state index in [1.165, 1.54) is 17.8 Å². The summed E-state index contributed by atoms with van der Waals surface area (Å²) in [7, 11) is -2.42. The zero-order valence-electron chi connectivity index (χ0n) is 15.1. The number of amides is 1. The topological polar surface area (TPSA) is 106 Å². The average molecular weight is 416 g/mol. The van der Waals surface area contributed by atoms with E-state index in [1.54, 1.807) is 6.92 Å². The third-order valence-electron chi connectivity index (χ3n) is 4.64. The molecule has 3 rings (SSSR count). The van der Waals surface area contributed by atoms with Crippen molar-refractivity contribution in [2.24, 2.45) is 12.8 Å². The summed E-state index contributed by atoms with van der Waals surface area (Å²) in [5.41, 5.74) is 5.83. The molecule has 0 bridgehead atoms. The van der Waals surface area contributed by atoms with Gasteiger partial charge in [-0.25, -0.2) is 26.3 Å². The van der Waals surface area contributed by atoms with Crippen LogP contribution in [-0.4, -0.2) is 31.0 Å². The maximum absolute atomic E-state index is 13.4. The summed E-state index contributed by atoms with van der Waals surface area (Å²) in [5.74, 6) is -5.33. The molecule has 1 amide bonds. The van der Waals surface area contributed by atoms with Gasteiger partial charge in [0.05, 0.1) is 0 Å². The number of benzene rings is 1. The van der Waals surface area contributed by atoms with Gasteiger partial charge in [-0.05, 0) is 19.8 Å². The Morgan fingerprint density at radius 3 is 2.50 bits per heavy atom. The normalized spacial score (nSPS) is 19.6. The molecule has 2 heterocycles. The molecule has 1 aromatic heterocycles. The Balaban J connectivity index is 1.99. The van der Waals surface area contributed by atoms with Crippen LogP contribution >= 0.6 is 0 Å². The summed E-state index contributed by atoms with van der Waals surface area (Å²) < 4.78 is 69.0. The van der Waals surface area contributed by atoms with Gasteiger partial charge in [0.2, 0.25) is 10.0 Å². The number of carbonyl (C=O) groups excluding carboxylic acids is 1. The second-order valence-corrected chi connectivity index (χ2v) is 8.45. The number of sulfonamides is 1. The lowest BCUT2D eigenvalue weighted by molar-refractivity contribution is 0.101. The highest BCUT2D eigenvalue weighted by atomic mass is 32.2. The Labute approximate surface area is 159 Å². The first kappa shape index (κ1) is 20.4. The molecule has 0 aliphatic carbocycles. The number of hydrogen-bond acceptors (Lipinski definition) is 4. The van der Waals surface area contributed by atoms with E-state index in [0.29, 0.717) is 18.6 Å². The monoisotopic (exact) mass is 416 g/mol. The first-order valence-corrected chi connectivity index (χ1v) is 9.91. The van der Waals surface area contributed by atoms with Crippen molar-refractivity contribution in [1.82, 2.24) is 9.29 Å². The van der Waals surface area contributed by atoms with Crippen LogP contribution in [0.5, 0.6) is 0 Å². The lowest BCUT2D eigenvalue weighted by Crippen LogP contribution is -2.45. The summed E-state index contributed by atoms with van der Waals surface area (Å²) in [6, 6.07) is 0.346. The molecule has 0 saturated heterocycles. The Kier molecular flexibility index (Phi) is 5.26. The summed E-state index contributed by atoms with van der Waals surface area (Å²) in [6.45, 7) is 1.68. The minimum absolute atomic E-state index is 0.0239. The van der Waals surface area contributed by atoms with Gasteiger partial charge in [0.25, 0.3) is 5.91 Å². The number of fused-ring (bicyclic) bond motifs is 1. The molecule has 1 aliphatic rings. The van der Waals surface area contributed by atoms with Gasteiger partial charge in [0.15, 0.2) is 17.5 Å². The van der Waals surface area contributed by atoms with Crippen LogP contribution < -0.4 is 15.8 Å². The first-order chi connectivity index (χ1) is 13.0. The molecule has 1 aromatic carbocycles. The molecule has 2 aromatic rings. The number of nitrogens with one attached hydrogen (secondary N) is 2. The number of rotatable bonds is 3. The number of aryl methyl sites for hydroxylation is 1. The molecule has 11 heteroatoms. The minimum Gasteiger partial charge on any atom is -0.345 e. The molecule has 0 radical (unpaired) electrons. The van der Waals surface area contributed by atoms with E-state index in [1.807, 2.05) is 0 Å². The van der Waals surface area contributed by atoms with Gasteiger partial charge < -0.3 is 15.6 Å². The van der Waals surface area contributed by atoms with E-state index in [0.717, 1.165) is 0 Å². The van der Waals surface area contributed by atoms with E-state index in [2.05, 4.69) is 10.0 Å². The fourth-order valence-electron chi connectivity index (χ4n) is 3.23. The van der Waals surface area contributed by atoms with E-state index in [4.69, 9.17) is 5.73 Å². The molecule has 1 aliphatic heterocycles. The number of aromatic nitrogens is 1. The van der Waals surface area contributed by atoms with Gasteiger partial charge >= 0.3 is 0 Å². The van der Waals surface area contributed by atoms with Gasteiger partial charge in [-0.2, -0.15) is 0 Å². The maximum atomic E-state index is 13.4. The number of anilines is 1. The predicted molar refractivity (Wildman–Crippen MR) is 95.8 cm³/mol. The van der Waals surface area contributed by atoms with Gasteiger partial charge in [-0.1, -0.05) is 0 Å². The van der Waals surface area contributed by atoms with Crippen molar-refractivity contribution >= 4 is 21.6 Å². The van der Waals surface area contributed by atoms with Crippen molar-refractivity contribution in [3.63, 3.8) is 0 Å². The van der Waals surface area contributed by atoms with E-state index in [9.17, 15) is 26.4 Å². The molecular formula is C17H19F3N4O3S. The van der Waals surface area contributed by atoms with E-state index in [-0.39, 0.29) is 28.3 Å². The number of halogens is 3. The SMILES string of the molecule is CC(N)[C@H]1CCc2c(cn(C)c2C(=O)Nc2cc(F)c(F)c(F)c2)S(=O)(=O)N1. The number of nitrogens with zero attached hydrogens (tertiary/aromatic N) is 1. The van der Waals surface area contributed by atoms with Crippen LogP contribution in [0.4, 0.5) is 18.9 Å². The summed E-state index contributed by atoms with van der Waals surface area (Å²) >= 11 is 0. The number of carbonyl (C=O) groups is 1. The largest absolute Gasteiger partial charge is 0.345 e. The Bertz CT molecular complexity index is 1030. The molecule has 0 fully saturated rings. The first-order valence-electron chi connectivity index (χ1n) is 8.43. The molecule has 2 atom stereocenters. The van der Waals surface area contributed by atoms with Crippen LogP contribution in [0.1, 0.15) is 29.4 Å². The van der Waals surface area contributed by atoms with Crippen LogP contribution in [0.25, 0.3) is 0 Å². The lowest BCUT2D eigenvalue weighted by Gasteiger charge is -2.19. The standard InChI is InChI=1S/C17H19F3N4O3S/c1-8(21)13-4-3-10-14(28(26,27)23-13)7-24(2)16(10)17(25)22-9-5-11(18)15(20)12(19)6-9/h5-8,13,23H,3-4,21H2,1-2H3,(H,22,25)/t8?,13-/m1/s1. The fraction of sp³-hybridized carbons (Fsp3) is 0.353. The van der Waals surface area contributed by atoms with Crippen molar-refractivity contribution in [3.8, 4) is 0 Å². The highest BCUT2D eigenvalue weighted by Crippen LogP contribution is 2.28. The zero-order chi connectivity index (χ0) is 20.8. The second-order valence-electron chi connectivity index (χ2n) is 6.76. The molecule has 4 N–H and O–H groups in total. The van der Waals surface area contributed by atoms with Crippen LogP contribution in [0.3, 0.4) is 0 Å². The van der Waals surface area contributed by atoms with Crippen molar-refractivity contribution in [3.05, 3.63) is 47.0 Å². The molecule has 0 spiro atoms. The Morgan fingerprint density at radius 2 is 1.93 bits per heavy atom. The van der Waals surface area contributed by atoms with E-state index >= 15 is 0 Å². The van der Waals surface area contributed by atoms with Crippen LogP contribution in [0, 0.1) is 17.5 Å². The number of nitrogens with two attached hydrogens (primary N) is 1. The summed E-state index contributed by atoms with van der Waals surface area (Å²) in [5, 5.41) is 2.28. The third kappa shape index (κ3) is 3.64. The molecule has 1 unspecified atom stereocenters. The van der Waals surface area contributed by atoms with Gasteiger partial charge in [0, 0.05) is 48.7 Å². The molecule has 7 nitrogen and oxygen atoms in total. The number of hydrogen-bond donors (Lipinski definition) is 3. The molecular weight excluding hydrogens is 397 g/mol. The van der Waals surface area contributed by atoms with Crippen molar-refractivity contribution in [2.75, 3.05) is 5.32 Å². The van der Waals surface area contributed by atoms with Gasteiger partial charge in [-0.15, -0.1) is 0 Å². The molecule has 152 valence electrons. The average Bonchev–Trinajstić information content (AvgIpc) is 2.87. The third-order valence-corrected chi connectivity index (χ3v) is 6.18.